The van der Waals surface area contributed by atoms with Crippen molar-refractivity contribution in [2.75, 3.05) is 31.6 Å². The van der Waals surface area contributed by atoms with E-state index in [-0.39, 0.29) is 79.3 Å². The van der Waals surface area contributed by atoms with E-state index in [1.54, 1.807) is 15.2 Å². The van der Waals surface area contributed by atoms with Crippen LogP contribution in [-0.4, -0.2) is 83.0 Å². The molecule has 2 saturated heterocycles. The molecule has 0 bridgehead atoms. The normalized spacial score (nSPS) is 24.8. The lowest BCUT2D eigenvalue weighted by Crippen LogP contribution is -2.41. The van der Waals surface area contributed by atoms with E-state index >= 15 is 4.39 Å². The number of nitrogens with one attached hydrogen (secondary N) is 1. The van der Waals surface area contributed by atoms with Crippen LogP contribution in [0.15, 0.2) is 41.8 Å². The molecular formula is C33H35ClF3N3O5S. The van der Waals surface area contributed by atoms with Crippen molar-refractivity contribution in [1.29, 1.82) is 0 Å². The first-order valence-corrected chi connectivity index (χ1v) is 16.7. The molecule has 2 N–H and O–H groups in total. The van der Waals surface area contributed by atoms with E-state index in [4.69, 9.17) is 16.3 Å². The van der Waals surface area contributed by atoms with Crippen molar-refractivity contribution < 1.29 is 37.4 Å². The highest BCUT2D eigenvalue weighted by atomic mass is 35.5. The predicted molar refractivity (Wildman–Crippen MR) is 169 cm³/mol. The van der Waals surface area contributed by atoms with Gasteiger partial charge in [0.15, 0.2) is 0 Å². The summed E-state index contributed by atoms with van der Waals surface area (Å²) in [5.41, 5.74) is 0.575. The van der Waals surface area contributed by atoms with Crippen LogP contribution in [0.25, 0.3) is 10.1 Å². The van der Waals surface area contributed by atoms with Crippen molar-refractivity contribution in [3.63, 3.8) is 0 Å². The van der Waals surface area contributed by atoms with Crippen LogP contribution >= 0.6 is 22.9 Å². The van der Waals surface area contributed by atoms with Crippen molar-refractivity contribution >= 4 is 56.5 Å². The fourth-order valence-corrected chi connectivity index (χ4v) is 8.02. The summed E-state index contributed by atoms with van der Waals surface area (Å²) in [5, 5.41) is 14.5. The van der Waals surface area contributed by atoms with Crippen molar-refractivity contribution in [2.24, 2.45) is 5.92 Å². The lowest BCUT2D eigenvalue weighted by molar-refractivity contribution is -0.144. The van der Waals surface area contributed by atoms with Crippen LogP contribution in [0.1, 0.15) is 54.4 Å². The van der Waals surface area contributed by atoms with Crippen LogP contribution in [-0.2, 0) is 20.7 Å². The largest absolute Gasteiger partial charge is 0.481 e. The number of hydrogen-bond acceptors (Lipinski definition) is 6. The highest BCUT2D eigenvalue weighted by Gasteiger charge is 2.45. The molecule has 3 fully saturated rings. The number of nitrogens with zero attached hydrogens (tertiary/aromatic N) is 2. The van der Waals surface area contributed by atoms with E-state index in [0.29, 0.717) is 37.7 Å². The van der Waals surface area contributed by atoms with Crippen LogP contribution < -0.4 is 5.32 Å². The molecule has 8 nitrogen and oxygen atoms in total. The monoisotopic (exact) mass is 677 g/mol. The van der Waals surface area contributed by atoms with Gasteiger partial charge in [-0.3, -0.25) is 19.3 Å². The summed E-state index contributed by atoms with van der Waals surface area (Å²) in [5.74, 6) is -5.50. The highest BCUT2D eigenvalue weighted by molar-refractivity contribution is 7.17. The molecule has 2 atom stereocenters. The quantitative estimate of drug-likeness (QED) is 0.270. The molecule has 2 aromatic carbocycles. The van der Waals surface area contributed by atoms with E-state index < -0.39 is 29.7 Å². The maximum atomic E-state index is 15.4. The van der Waals surface area contributed by atoms with Gasteiger partial charge in [-0.2, -0.15) is 0 Å². The first kappa shape index (κ1) is 32.7. The third-order valence-electron chi connectivity index (χ3n) is 9.43. The van der Waals surface area contributed by atoms with Crippen molar-refractivity contribution in [2.45, 2.75) is 69.1 Å². The number of halogens is 4. The lowest BCUT2D eigenvalue weighted by Gasteiger charge is -2.30. The molecule has 1 saturated carbocycles. The maximum Gasteiger partial charge on any atom is 0.306 e. The summed E-state index contributed by atoms with van der Waals surface area (Å²) in [6.07, 6.45) is 1.96. The van der Waals surface area contributed by atoms with E-state index in [9.17, 15) is 28.3 Å². The highest BCUT2D eigenvalue weighted by Crippen LogP contribution is 2.35. The van der Waals surface area contributed by atoms with Gasteiger partial charge >= 0.3 is 5.97 Å². The van der Waals surface area contributed by atoms with Crippen molar-refractivity contribution in [3.8, 4) is 0 Å². The molecule has 2 amide bonds. The van der Waals surface area contributed by atoms with E-state index in [2.05, 4.69) is 5.32 Å². The predicted octanol–water partition coefficient (Wildman–Crippen LogP) is 6.46. The molecule has 1 aromatic heterocycles. The molecule has 46 heavy (non-hydrogen) atoms. The topological polar surface area (TPSA) is 99.2 Å². The zero-order valence-corrected chi connectivity index (χ0v) is 26.6. The molecule has 6 rings (SSSR count). The molecule has 1 aliphatic carbocycles. The summed E-state index contributed by atoms with van der Waals surface area (Å²) in [6.45, 7) is 0.253. The Bertz CT molecular complexity index is 1630. The molecule has 0 unspecified atom stereocenters. The van der Waals surface area contributed by atoms with Gasteiger partial charge in [-0.1, -0.05) is 29.8 Å². The standard InChI is InChI=1S/C33H35ClF3N3O5S/c34-26-11-20(27(35)14-28(26)38-31(42)25-17-46-29-4-2-1-3-24(25)29)12-30(41)40-15-21(39-10-9-33(36,37)18-39)13-22(40)16-45-23-7-5-19(6-8-23)32(43)44/h1-4,11,14,17,19,21-23H,5-10,12-13,15-16,18H2,(H,38,42)(H,43,44)/t19-,21-,22-,23-/m0/s1. The van der Waals surface area contributed by atoms with E-state index in [1.165, 1.54) is 17.4 Å². The van der Waals surface area contributed by atoms with Gasteiger partial charge in [0.1, 0.15) is 5.82 Å². The Balaban J connectivity index is 1.13. The smallest absolute Gasteiger partial charge is 0.306 e. The lowest BCUT2D eigenvalue weighted by atomic mass is 9.87. The molecule has 0 radical (unpaired) electrons. The molecule has 13 heteroatoms. The van der Waals surface area contributed by atoms with Crippen LogP contribution in [0.2, 0.25) is 5.02 Å². The average Bonchev–Trinajstić information content (AvgIpc) is 3.75. The minimum Gasteiger partial charge on any atom is -0.481 e. The third-order valence-corrected chi connectivity index (χ3v) is 10.7. The number of carboxylic acids is 1. The van der Waals surface area contributed by atoms with Gasteiger partial charge in [0.05, 0.1) is 53.9 Å². The van der Waals surface area contributed by atoms with Crippen LogP contribution in [0, 0.1) is 11.7 Å². The number of ether oxygens (including phenoxy) is 1. The molecule has 246 valence electrons. The van der Waals surface area contributed by atoms with Gasteiger partial charge in [-0.25, -0.2) is 13.2 Å². The average molecular weight is 678 g/mol. The van der Waals surface area contributed by atoms with Gasteiger partial charge in [-0.15, -0.1) is 11.3 Å². The van der Waals surface area contributed by atoms with Crippen LogP contribution in [0.4, 0.5) is 18.9 Å². The number of thiophene rings is 1. The number of fused-ring (bicyclic) bond motifs is 1. The fourth-order valence-electron chi connectivity index (χ4n) is 6.84. The number of amides is 2. The molecular weight excluding hydrogens is 643 g/mol. The minimum atomic E-state index is -2.78. The summed E-state index contributed by atoms with van der Waals surface area (Å²) in [4.78, 5) is 41.3. The summed E-state index contributed by atoms with van der Waals surface area (Å²) >= 11 is 7.88. The molecule has 3 aromatic rings. The Labute approximate surface area is 273 Å². The second-order valence-corrected chi connectivity index (χ2v) is 13.8. The van der Waals surface area contributed by atoms with E-state index in [0.717, 1.165) is 16.2 Å². The Morgan fingerprint density at radius 3 is 2.61 bits per heavy atom. The number of rotatable bonds is 9. The summed E-state index contributed by atoms with van der Waals surface area (Å²) in [7, 11) is 0. The summed E-state index contributed by atoms with van der Waals surface area (Å²) < 4.78 is 50.5. The fraction of sp³-hybridized carbons (Fsp3) is 0.485. The first-order valence-electron chi connectivity index (χ1n) is 15.5. The Morgan fingerprint density at radius 1 is 1.13 bits per heavy atom. The number of alkyl halides is 2. The second kappa shape index (κ2) is 13.5. The van der Waals surface area contributed by atoms with Gasteiger partial charge < -0.3 is 20.1 Å². The Morgan fingerprint density at radius 2 is 1.89 bits per heavy atom. The number of likely N-dealkylation sites (tertiary alicyclic amines) is 2. The Kier molecular flexibility index (Phi) is 9.61. The van der Waals surface area contributed by atoms with E-state index in [1.807, 2.05) is 24.3 Å². The number of carbonyl (C=O) groups excluding carboxylic acids is 2. The van der Waals surface area contributed by atoms with Gasteiger partial charge in [-0.05, 0) is 55.9 Å². The zero-order valence-electron chi connectivity index (χ0n) is 25.0. The minimum absolute atomic E-state index is 0.0526. The number of anilines is 1. The van der Waals surface area contributed by atoms with Crippen molar-refractivity contribution in [1.82, 2.24) is 9.80 Å². The SMILES string of the molecule is O=C(Nc1cc(F)c(CC(=O)N2C[C@@H](N3CCC(F)(F)C3)C[C@H]2CO[C@H]2CC[C@H](C(=O)O)CC2)cc1Cl)c1csc2ccccc12. The number of carboxylic acid groups (broad SMARTS) is 1. The van der Waals surface area contributed by atoms with Crippen molar-refractivity contribution in [3.05, 3.63) is 63.7 Å². The van der Waals surface area contributed by atoms with Gasteiger partial charge in [0, 0.05) is 41.0 Å². The molecule has 3 aliphatic rings. The molecule has 3 heterocycles. The molecule has 2 aliphatic heterocycles. The van der Waals surface area contributed by atoms with Gasteiger partial charge in [0.25, 0.3) is 11.8 Å². The first-order chi connectivity index (χ1) is 22.0. The molecule has 0 spiro atoms. The number of aliphatic carboxylic acids is 1. The number of carbonyl (C=O) groups is 3. The third kappa shape index (κ3) is 7.20. The number of hydrogen-bond donors (Lipinski definition) is 2. The Hall–Kier alpha value is -3.19. The van der Waals surface area contributed by atoms with Gasteiger partial charge in [0.2, 0.25) is 5.91 Å². The summed E-state index contributed by atoms with van der Waals surface area (Å²) in [6, 6.07) is 9.19. The number of benzene rings is 2. The van der Waals surface area contributed by atoms with Crippen LogP contribution in [0.3, 0.4) is 0 Å². The maximum absolute atomic E-state index is 15.4. The second-order valence-electron chi connectivity index (χ2n) is 12.5. The zero-order chi connectivity index (χ0) is 32.6. The van der Waals surface area contributed by atoms with Crippen LogP contribution in [0.5, 0.6) is 0 Å².